The van der Waals surface area contributed by atoms with Gasteiger partial charge in [0.1, 0.15) is 0 Å². The maximum Gasteiger partial charge on any atom is 0.159 e. The Morgan fingerprint density at radius 2 is 2.00 bits per heavy atom. The minimum absolute atomic E-state index is 0.289. The van der Waals surface area contributed by atoms with Gasteiger partial charge in [-0.15, -0.1) is 0 Å². The summed E-state index contributed by atoms with van der Waals surface area (Å²) in [6.45, 7) is 0. The normalized spacial score (nSPS) is 50.4. The predicted octanol–water partition coefficient (Wildman–Crippen LogP) is 1.72. The van der Waals surface area contributed by atoms with Crippen LogP contribution in [0.1, 0.15) is 51.4 Å². The standard InChI is InChI=1S/C15H20O3/c16-11-8-9-2-1-5-15-12(17)4-7-14(15,18)6-3-10(11)13(9)15/h9,12,17-18H,1-8H2/t9-,12+,14-,15+/m0/s1. The third-order valence-electron chi connectivity index (χ3n) is 6.13. The molecule has 0 aliphatic heterocycles. The zero-order valence-electron chi connectivity index (χ0n) is 10.6. The summed E-state index contributed by atoms with van der Waals surface area (Å²) in [5.41, 5.74) is 0.951. The quantitative estimate of drug-likeness (QED) is 0.686. The van der Waals surface area contributed by atoms with Gasteiger partial charge in [0.15, 0.2) is 5.78 Å². The van der Waals surface area contributed by atoms with Crippen LogP contribution in [0.25, 0.3) is 0 Å². The first kappa shape index (κ1) is 11.2. The van der Waals surface area contributed by atoms with Crippen LogP contribution in [0.3, 0.4) is 0 Å². The molecule has 98 valence electrons. The average molecular weight is 248 g/mol. The molecule has 3 heteroatoms. The minimum Gasteiger partial charge on any atom is -0.392 e. The number of aliphatic hydroxyl groups is 2. The van der Waals surface area contributed by atoms with Crippen molar-refractivity contribution in [3.63, 3.8) is 0 Å². The van der Waals surface area contributed by atoms with E-state index in [1.807, 2.05) is 0 Å². The van der Waals surface area contributed by atoms with Crippen LogP contribution >= 0.6 is 0 Å². The van der Waals surface area contributed by atoms with Gasteiger partial charge in [0, 0.05) is 11.8 Å². The fourth-order valence-electron chi connectivity index (χ4n) is 5.43. The molecule has 0 aromatic rings. The van der Waals surface area contributed by atoms with Crippen molar-refractivity contribution in [2.45, 2.75) is 63.1 Å². The van der Waals surface area contributed by atoms with Crippen molar-refractivity contribution < 1.29 is 15.0 Å². The van der Waals surface area contributed by atoms with Crippen molar-refractivity contribution in [3.8, 4) is 0 Å². The Morgan fingerprint density at radius 3 is 2.83 bits per heavy atom. The Balaban J connectivity index is 1.96. The lowest BCUT2D eigenvalue weighted by molar-refractivity contribution is -0.116. The molecule has 0 aromatic carbocycles. The van der Waals surface area contributed by atoms with Gasteiger partial charge in [-0.05, 0) is 55.6 Å². The molecule has 3 nitrogen and oxygen atoms in total. The Labute approximate surface area is 107 Å². The van der Waals surface area contributed by atoms with Crippen molar-refractivity contribution in [3.05, 3.63) is 11.1 Å². The SMILES string of the molecule is O=C1C[C@@H]2CCC[C@@]34C2=C1CC[C@]3(O)CC[C@H]4O. The molecule has 0 aromatic heterocycles. The fourth-order valence-corrected chi connectivity index (χ4v) is 5.43. The third kappa shape index (κ3) is 1.03. The Bertz CT molecular complexity index is 466. The van der Waals surface area contributed by atoms with Gasteiger partial charge in [-0.2, -0.15) is 0 Å². The number of carbonyl (C=O) groups excluding carboxylic acids is 1. The minimum atomic E-state index is -0.742. The predicted molar refractivity (Wildman–Crippen MR) is 65.8 cm³/mol. The molecule has 2 saturated carbocycles. The van der Waals surface area contributed by atoms with Crippen molar-refractivity contribution in [1.29, 1.82) is 0 Å². The van der Waals surface area contributed by atoms with E-state index < -0.39 is 17.1 Å². The van der Waals surface area contributed by atoms with E-state index in [0.29, 0.717) is 31.6 Å². The fraction of sp³-hybridized carbons (Fsp3) is 0.800. The van der Waals surface area contributed by atoms with Crippen LogP contribution < -0.4 is 0 Å². The number of ketones is 1. The van der Waals surface area contributed by atoms with Gasteiger partial charge in [-0.3, -0.25) is 4.79 Å². The van der Waals surface area contributed by atoms with E-state index in [-0.39, 0.29) is 5.78 Å². The van der Waals surface area contributed by atoms with E-state index in [1.165, 1.54) is 5.57 Å². The lowest BCUT2D eigenvalue weighted by Gasteiger charge is -2.52. The molecule has 0 radical (unpaired) electrons. The second-order valence-electron chi connectivity index (χ2n) is 6.67. The highest BCUT2D eigenvalue weighted by molar-refractivity contribution is 6.00. The summed E-state index contributed by atoms with van der Waals surface area (Å²) < 4.78 is 0. The summed E-state index contributed by atoms with van der Waals surface area (Å²) in [6.07, 6.45) is 5.95. The molecule has 18 heavy (non-hydrogen) atoms. The van der Waals surface area contributed by atoms with Crippen molar-refractivity contribution in [2.75, 3.05) is 0 Å². The molecule has 0 unspecified atom stereocenters. The first-order valence-corrected chi connectivity index (χ1v) is 7.26. The molecule has 0 bridgehead atoms. The van der Waals surface area contributed by atoms with Crippen molar-refractivity contribution in [1.82, 2.24) is 0 Å². The summed E-state index contributed by atoms with van der Waals surface area (Å²) in [6, 6.07) is 0. The monoisotopic (exact) mass is 248 g/mol. The first-order chi connectivity index (χ1) is 8.58. The molecular formula is C15H20O3. The molecule has 0 amide bonds. The second kappa shape index (κ2) is 3.26. The number of allylic oxidation sites excluding steroid dienone is 1. The van der Waals surface area contributed by atoms with Crippen LogP contribution in [-0.2, 0) is 4.79 Å². The lowest BCUT2D eigenvalue weighted by Crippen LogP contribution is -2.54. The molecule has 2 fully saturated rings. The number of aliphatic hydroxyl groups excluding tert-OH is 1. The first-order valence-electron chi connectivity index (χ1n) is 7.26. The molecule has 2 N–H and O–H groups in total. The molecule has 4 atom stereocenters. The Kier molecular flexibility index (Phi) is 2.02. The van der Waals surface area contributed by atoms with Crippen molar-refractivity contribution in [2.24, 2.45) is 11.3 Å². The summed E-state index contributed by atoms with van der Waals surface area (Å²) >= 11 is 0. The number of hydrogen-bond donors (Lipinski definition) is 2. The molecule has 0 saturated heterocycles. The largest absolute Gasteiger partial charge is 0.392 e. The van der Waals surface area contributed by atoms with E-state index in [0.717, 1.165) is 31.3 Å². The van der Waals surface area contributed by atoms with Crippen LogP contribution in [0.15, 0.2) is 11.1 Å². The van der Waals surface area contributed by atoms with Gasteiger partial charge >= 0.3 is 0 Å². The molecule has 0 heterocycles. The highest BCUT2D eigenvalue weighted by atomic mass is 16.3. The topological polar surface area (TPSA) is 57.5 Å². The van der Waals surface area contributed by atoms with Crippen LogP contribution in [0, 0.1) is 11.3 Å². The van der Waals surface area contributed by atoms with E-state index in [1.54, 1.807) is 0 Å². The number of Topliss-reactive ketones (excluding diaryl/α,β-unsaturated/α-hetero) is 1. The van der Waals surface area contributed by atoms with Gasteiger partial charge in [-0.25, -0.2) is 0 Å². The van der Waals surface area contributed by atoms with E-state index in [2.05, 4.69) is 0 Å². The summed E-state index contributed by atoms with van der Waals surface area (Å²) in [5.74, 6) is 0.609. The van der Waals surface area contributed by atoms with E-state index in [9.17, 15) is 15.0 Å². The van der Waals surface area contributed by atoms with Crippen molar-refractivity contribution >= 4 is 5.78 Å². The molecule has 4 rings (SSSR count). The highest BCUT2D eigenvalue weighted by Gasteiger charge is 2.66. The molecular weight excluding hydrogens is 228 g/mol. The number of hydrogen-bond acceptors (Lipinski definition) is 3. The maximum atomic E-state index is 12.1. The van der Waals surface area contributed by atoms with E-state index in [4.69, 9.17) is 0 Å². The van der Waals surface area contributed by atoms with Crippen LogP contribution in [0.4, 0.5) is 0 Å². The van der Waals surface area contributed by atoms with Gasteiger partial charge in [0.2, 0.25) is 0 Å². The Morgan fingerprint density at radius 1 is 1.17 bits per heavy atom. The molecule has 1 spiro atoms. The number of rotatable bonds is 0. The van der Waals surface area contributed by atoms with E-state index >= 15 is 0 Å². The second-order valence-corrected chi connectivity index (χ2v) is 6.67. The maximum absolute atomic E-state index is 12.1. The van der Waals surface area contributed by atoms with Crippen LogP contribution in [0.2, 0.25) is 0 Å². The summed E-state index contributed by atoms with van der Waals surface area (Å²) in [4.78, 5) is 12.1. The zero-order valence-corrected chi connectivity index (χ0v) is 10.6. The number of carbonyl (C=O) groups is 1. The smallest absolute Gasteiger partial charge is 0.159 e. The van der Waals surface area contributed by atoms with Gasteiger partial charge in [0.25, 0.3) is 0 Å². The lowest BCUT2D eigenvalue weighted by atomic mass is 9.55. The van der Waals surface area contributed by atoms with Crippen LogP contribution in [0.5, 0.6) is 0 Å². The van der Waals surface area contributed by atoms with Crippen LogP contribution in [-0.4, -0.2) is 27.7 Å². The molecule has 4 aliphatic rings. The van der Waals surface area contributed by atoms with Gasteiger partial charge in [-0.1, -0.05) is 6.42 Å². The van der Waals surface area contributed by atoms with Gasteiger partial charge < -0.3 is 10.2 Å². The zero-order chi connectivity index (χ0) is 12.5. The summed E-state index contributed by atoms with van der Waals surface area (Å²) in [5, 5.41) is 21.5. The average Bonchev–Trinajstić information content (AvgIpc) is 2.80. The van der Waals surface area contributed by atoms with Gasteiger partial charge in [0.05, 0.1) is 11.7 Å². The Hall–Kier alpha value is -0.670. The molecule has 4 aliphatic carbocycles. The highest BCUT2D eigenvalue weighted by Crippen LogP contribution is 2.66. The third-order valence-corrected chi connectivity index (χ3v) is 6.13. The summed E-state index contributed by atoms with van der Waals surface area (Å²) in [7, 11) is 0.